The Morgan fingerprint density at radius 2 is 1.35 bits per heavy atom. The third-order valence-electron chi connectivity index (χ3n) is 4.89. The average Bonchev–Trinajstić information content (AvgIpc) is 2.65. The highest BCUT2D eigenvalue weighted by atomic mass is 14.9. The van der Waals surface area contributed by atoms with Gasteiger partial charge in [0.15, 0.2) is 0 Å². The van der Waals surface area contributed by atoms with Crippen molar-refractivity contribution in [3.8, 4) is 0 Å². The summed E-state index contributed by atoms with van der Waals surface area (Å²) >= 11 is 0. The Hall–Kier alpha value is -0.0800. The summed E-state index contributed by atoms with van der Waals surface area (Å²) in [5.41, 5.74) is 5.90. The molecule has 2 aliphatic carbocycles. The fourth-order valence-electron chi connectivity index (χ4n) is 3.67. The lowest BCUT2D eigenvalue weighted by Crippen LogP contribution is -2.38. The van der Waals surface area contributed by atoms with Crippen LogP contribution in [0, 0.1) is 11.8 Å². The number of hydrogen-bond donors (Lipinski definition) is 2. The first kappa shape index (κ1) is 13.4. The first-order chi connectivity index (χ1) is 8.40. The molecule has 3 N–H and O–H groups in total. The lowest BCUT2D eigenvalue weighted by atomic mass is 9.79. The van der Waals surface area contributed by atoms with Crippen molar-refractivity contribution in [1.29, 1.82) is 0 Å². The standard InChI is InChI=1S/C15H30N2/c16-11-13-7-5-6-8-14(13)12-17-15-9-3-1-2-4-10-15/h13-15,17H,1-12,16H2. The van der Waals surface area contributed by atoms with Gasteiger partial charge in [-0.15, -0.1) is 0 Å². The van der Waals surface area contributed by atoms with Crippen molar-refractivity contribution in [3.63, 3.8) is 0 Å². The van der Waals surface area contributed by atoms with Crippen LogP contribution in [0.5, 0.6) is 0 Å². The monoisotopic (exact) mass is 238 g/mol. The molecule has 0 radical (unpaired) electrons. The lowest BCUT2D eigenvalue weighted by molar-refractivity contribution is 0.226. The van der Waals surface area contributed by atoms with E-state index in [4.69, 9.17) is 5.73 Å². The Labute approximate surface area is 107 Å². The van der Waals surface area contributed by atoms with Gasteiger partial charge in [-0.05, 0) is 50.6 Å². The van der Waals surface area contributed by atoms with Gasteiger partial charge < -0.3 is 11.1 Å². The zero-order valence-corrected chi connectivity index (χ0v) is 11.3. The second-order valence-corrected chi connectivity index (χ2v) is 6.14. The van der Waals surface area contributed by atoms with Crippen LogP contribution in [0.1, 0.15) is 64.2 Å². The summed E-state index contributed by atoms with van der Waals surface area (Å²) in [7, 11) is 0. The van der Waals surface area contributed by atoms with E-state index in [9.17, 15) is 0 Å². The highest BCUT2D eigenvalue weighted by Crippen LogP contribution is 2.29. The van der Waals surface area contributed by atoms with Crippen molar-refractivity contribution >= 4 is 0 Å². The van der Waals surface area contributed by atoms with E-state index in [1.54, 1.807) is 0 Å². The molecule has 2 heteroatoms. The lowest BCUT2D eigenvalue weighted by Gasteiger charge is -2.32. The molecule has 0 amide bonds. The van der Waals surface area contributed by atoms with Gasteiger partial charge in [0.05, 0.1) is 0 Å². The van der Waals surface area contributed by atoms with Crippen LogP contribution in [-0.2, 0) is 0 Å². The summed E-state index contributed by atoms with van der Waals surface area (Å²) in [6.45, 7) is 2.13. The maximum Gasteiger partial charge on any atom is 0.00671 e. The van der Waals surface area contributed by atoms with Crippen LogP contribution in [0.4, 0.5) is 0 Å². The normalized spacial score (nSPS) is 32.3. The van der Waals surface area contributed by atoms with Crippen LogP contribution >= 0.6 is 0 Å². The third kappa shape index (κ3) is 4.26. The smallest absolute Gasteiger partial charge is 0.00671 e. The predicted octanol–water partition coefficient (Wildman–Crippen LogP) is 3.06. The summed E-state index contributed by atoms with van der Waals surface area (Å²) in [5.74, 6) is 1.65. The van der Waals surface area contributed by atoms with Gasteiger partial charge in [-0.3, -0.25) is 0 Å². The Balaban J connectivity index is 1.71. The average molecular weight is 238 g/mol. The molecule has 2 saturated carbocycles. The molecule has 0 aliphatic heterocycles. The zero-order valence-electron chi connectivity index (χ0n) is 11.3. The third-order valence-corrected chi connectivity index (χ3v) is 4.89. The van der Waals surface area contributed by atoms with Crippen molar-refractivity contribution in [3.05, 3.63) is 0 Å². The molecule has 0 saturated heterocycles. The van der Waals surface area contributed by atoms with Crippen molar-refractivity contribution in [2.75, 3.05) is 13.1 Å². The van der Waals surface area contributed by atoms with Crippen LogP contribution in [-0.4, -0.2) is 19.1 Å². The summed E-state index contributed by atoms with van der Waals surface area (Å²) in [5, 5.41) is 3.84. The minimum Gasteiger partial charge on any atom is -0.330 e. The Morgan fingerprint density at radius 3 is 2.00 bits per heavy atom. The van der Waals surface area contributed by atoms with Gasteiger partial charge in [-0.2, -0.15) is 0 Å². The highest BCUT2D eigenvalue weighted by Gasteiger charge is 2.24. The predicted molar refractivity (Wildman–Crippen MR) is 74.0 cm³/mol. The van der Waals surface area contributed by atoms with Gasteiger partial charge in [0, 0.05) is 6.04 Å². The number of nitrogens with two attached hydrogens (primary N) is 1. The van der Waals surface area contributed by atoms with E-state index >= 15 is 0 Å². The molecule has 2 atom stereocenters. The van der Waals surface area contributed by atoms with Gasteiger partial charge >= 0.3 is 0 Å². The fourth-order valence-corrected chi connectivity index (χ4v) is 3.67. The molecule has 0 spiro atoms. The zero-order chi connectivity index (χ0) is 11.9. The molecule has 0 aromatic heterocycles. The minimum atomic E-state index is 0.794. The van der Waals surface area contributed by atoms with E-state index in [1.807, 2.05) is 0 Å². The SMILES string of the molecule is NCC1CCCCC1CNC1CCCCCC1. The molecule has 2 rings (SSSR count). The van der Waals surface area contributed by atoms with Gasteiger partial charge in [0.25, 0.3) is 0 Å². The highest BCUT2D eigenvalue weighted by molar-refractivity contribution is 4.80. The van der Waals surface area contributed by atoms with Crippen LogP contribution < -0.4 is 11.1 Å². The maximum absolute atomic E-state index is 5.90. The molecule has 2 fully saturated rings. The molecule has 0 aromatic rings. The first-order valence-corrected chi connectivity index (χ1v) is 7.83. The molecule has 100 valence electrons. The van der Waals surface area contributed by atoms with Gasteiger partial charge in [0.1, 0.15) is 0 Å². The van der Waals surface area contributed by atoms with Gasteiger partial charge in [-0.25, -0.2) is 0 Å². The van der Waals surface area contributed by atoms with Crippen LogP contribution in [0.15, 0.2) is 0 Å². The molecular formula is C15H30N2. The summed E-state index contributed by atoms with van der Waals surface area (Å²) in [6.07, 6.45) is 14.2. The van der Waals surface area contributed by atoms with E-state index in [0.29, 0.717) is 0 Å². The maximum atomic E-state index is 5.90. The van der Waals surface area contributed by atoms with E-state index in [0.717, 1.165) is 24.4 Å². The molecule has 0 aromatic carbocycles. The second kappa shape index (κ2) is 7.38. The van der Waals surface area contributed by atoms with E-state index < -0.39 is 0 Å². The first-order valence-electron chi connectivity index (χ1n) is 7.83. The largest absolute Gasteiger partial charge is 0.330 e. The van der Waals surface area contributed by atoms with E-state index in [-0.39, 0.29) is 0 Å². The molecule has 17 heavy (non-hydrogen) atoms. The molecular weight excluding hydrogens is 208 g/mol. The Kier molecular flexibility index (Phi) is 5.79. The van der Waals surface area contributed by atoms with E-state index in [1.165, 1.54) is 70.8 Å². The minimum absolute atomic E-state index is 0.794. The van der Waals surface area contributed by atoms with Gasteiger partial charge in [0.2, 0.25) is 0 Å². The van der Waals surface area contributed by atoms with Crippen LogP contribution in [0.2, 0.25) is 0 Å². The molecule has 0 bridgehead atoms. The Bertz CT molecular complexity index is 197. The summed E-state index contributed by atoms with van der Waals surface area (Å²) < 4.78 is 0. The van der Waals surface area contributed by atoms with Crippen LogP contribution in [0.3, 0.4) is 0 Å². The second-order valence-electron chi connectivity index (χ2n) is 6.14. The Morgan fingerprint density at radius 1 is 0.765 bits per heavy atom. The number of hydrogen-bond acceptors (Lipinski definition) is 2. The van der Waals surface area contributed by atoms with Crippen molar-refractivity contribution in [1.82, 2.24) is 5.32 Å². The molecule has 2 nitrogen and oxygen atoms in total. The number of nitrogens with one attached hydrogen (secondary N) is 1. The van der Waals surface area contributed by atoms with Crippen molar-refractivity contribution in [2.45, 2.75) is 70.3 Å². The number of rotatable bonds is 4. The summed E-state index contributed by atoms with van der Waals surface area (Å²) in [4.78, 5) is 0. The van der Waals surface area contributed by atoms with Crippen molar-refractivity contribution in [2.24, 2.45) is 17.6 Å². The molecule has 0 heterocycles. The van der Waals surface area contributed by atoms with Crippen LogP contribution in [0.25, 0.3) is 0 Å². The van der Waals surface area contributed by atoms with Gasteiger partial charge in [-0.1, -0.05) is 38.5 Å². The fraction of sp³-hybridized carbons (Fsp3) is 1.00. The topological polar surface area (TPSA) is 38.0 Å². The summed E-state index contributed by atoms with van der Waals surface area (Å²) in [6, 6.07) is 0.804. The van der Waals surface area contributed by atoms with Crippen molar-refractivity contribution < 1.29 is 0 Å². The quantitative estimate of drug-likeness (QED) is 0.739. The molecule has 2 aliphatic rings. The van der Waals surface area contributed by atoms with E-state index in [2.05, 4.69) is 5.32 Å². The molecule has 2 unspecified atom stereocenters.